The Balaban J connectivity index is 2.11. The molecule has 1 aliphatic heterocycles. The molecule has 1 heterocycles. The van der Waals surface area contributed by atoms with Crippen molar-refractivity contribution < 1.29 is 14.6 Å². The van der Waals surface area contributed by atoms with E-state index in [9.17, 15) is 9.90 Å². The number of ether oxygens (including phenoxy) is 1. The van der Waals surface area contributed by atoms with Gasteiger partial charge in [0.05, 0.1) is 6.61 Å². The standard InChI is InChI=1S/C18H34O3/c1-3-4-5-6-7-8-9-10-11-12-18(15-19)14-16(2)13-17(20)21-18/h16,19H,3-15H2,1-2H3/t16-,18-/m1/s1. The first-order chi connectivity index (χ1) is 10.1. The van der Waals surface area contributed by atoms with Crippen LogP contribution in [0.15, 0.2) is 0 Å². The average molecular weight is 298 g/mol. The normalized spacial score (nSPS) is 25.9. The Hall–Kier alpha value is -0.570. The third kappa shape index (κ3) is 7.30. The van der Waals surface area contributed by atoms with Crippen molar-refractivity contribution in [3.63, 3.8) is 0 Å². The van der Waals surface area contributed by atoms with Crippen molar-refractivity contribution in [1.82, 2.24) is 0 Å². The quantitative estimate of drug-likeness (QED) is 0.447. The molecule has 0 amide bonds. The molecule has 1 saturated heterocycles. The van der Waals surface area contributed by atoms with Crippen molar-refractivity contribution in [1.29, 1.82) is 0 Å². The predicted octanol–water partition coefficient (Wildman–Crippen LogP) is 4.61. The van der Waals surface area contributed by atoms with Crippen LogP contribution < -0.4 is 0 Å². The highest BCUT2D eigenvalue weighted by molar-refractivity contribution is 5.71. The fourth-order valence-corrected chi connectivity index (χ4v) is 3.40. The molecule has 0 saturated carbocycles. The van der Waals surface area contributed by atoms with Crippen LogP contribution in [0.3, 0.4) is 0 Å². The number of cyclic esters (lactones) is 1. The molecule has 0 spiro atoms. The highest BCUT2D eigenvalue weighted by Gasteiger charge is 2.39. The largest absolute Gasteiger partial charge is 0.457 e. The van der Waals surface area contributed by atoms with Gasteiger partial charge in [0.15, 0.2) is 0 Å². The Bertz CT molecular complexity index is 290. The van der Waals surface area contributed by atoms with Crippen molar-refractivity contribution >= 4 is 5.97 Å². The van der Waals surface area contributed by atoms with Gasteiger partial charge in [-0.25, -0.2) is 0 Å². The van der Waals surface area contributed by atoms with E-state index in [0.29, 0.717) is 12.3 Å². The SMILES string of the molecule is CCCCCCCCCCC[C@]1(CO)C[C@H](C)CC(=O)O1. The van der Waals surface area contributed by atoms with Gasteiger partial charge in [-0.2, -0.15) is 0 Å². The molecule has 0 unspecified atom stereocenters. The summed E-state index contributed by atoms with van der Waals surface area (Å²) in [6, 6.07) is 0. The Morgan fingerprint density at radius 2 is 1.67 bits per heavy atom. The van der Waals surface area contributed by atoms with Gasteiger partial charge >= 0.3 is 5.97 Å². The summed E-state index contributed by atoms with van der Waals surface area (Å²) in [5.41, 5.74) is -0.587. The number of rotatable bonds is 11. The van der Waals surface area contributed by atoms with Crippen LogP contribution in [0.25, 0.3) is 0 Å². The molecule has 124 valence electrons. The smallest absolute Gasteiger partial charge is 0.306 e. The molecule has 0 aromatic carbocycles. The number of hydrogen-bond donors (Lipinski definition) is 1. The van der Waals surface area contributed by atoms with Gasteiger partial charge in [0.25, 0.3) is 0 Å². The Labute approximate surface area is 130 Å². The summed E-state index contributed by atoms with van der Waals surface area (Å²) in [6.45, 7) is 4.29. The van der Waals surface area contributed by atoms with Crippen molar-refractivity contribution in [2.75, 3.05) is 6.61 Å². The third-order valence-corrected chi connectivity index (χ3v) is 4.59. The molecule has 0 bridgehead atoms. The van der Waals surface area contributed by atoms with Gasteiger partial charge < -0.3 is 9.84 Å². The van der Waals surface area contributed by atoms with Gasteiger partial charge in [0.2, 0.25) is 0 Å². The molecule has 1 fully saturated rings. The molecule has 1 N–H and O–H groups in total. The van der Waals surface area contributed by atoms with Gasteiger partial charge in [0, 0.05) is 6.42 Å². The van der Waals surface area contributed by atoms with Gasteiger partial charge in [-0.1, -0.05) is 65.2 Å². The van der Waals surface area contributed by atoms with Gasteiger partial charge in [-0.15, -0.1) is 0 Å². The number of carbonyl (C=O) groups is 1. The zero-order valence-corrected chi connectivity index (χ0v) is 14.0. The van der Waals surface area contributed by atoms with E-state index in [4.69, 9.17) is 4.74 Å². The van der Waals surface area contributed by atoms with Gasteiger partial charge in [0.1, 0.15) is 5.60 Å². The van der Waals surface area contributed by atoms with Crippen molar-refractivity contribution in [3.05, 3.63) is 0 Å². The Morgan fingerprint density at radius 3 is 2.19 bits per heavy atom. The molecular formula is C18H34O3. The molecule has 3 nitrogen and oxygen atoms in total. The Morgan fingerprint density at radius 1 is 1.10 bits per heavy atom. The zero-order valence-electron chi connectivity index (χ0n) is 14.0. The predicted molar refractivity (Wildman–Crippen MR) is 86.2 cm³/mol. The lowest BCUT2D eigenvalue weighted by molar-refractivity contribution is -0.178. The van der Waals surface area contributed by atoms with Crippen LogP contribution in [0.1, 0.15) is 90.9 Å². The second kappa shape index (κ2) is 10.2. The van der Waals surface area contributed by atoms with E-state index in [2.05, 4.69) is 13.8 Å². The Kier molecular flexibility index (Phi) is 8.98. The molecule has 1 aliphatic rings. The minimum atomic E-state index is -0.587. The minimum Gasteiger partial charge on any atom is -0.457 e. The van der Waals surface area contributed by atoms with Gasteiger partial charge in [-0.05, 0) is 25.2 Å². The second-order valence-electron chi connectivity index (χ2n) is 6.91. The monoisotopic (exact) mass is 298 g/mol. The number of aliphatic hydroxyl groups is 1. The van der Waals surface area contributed by atoms with Crippen LogP contribution in [0.4, 0.5) is 0 Å². The molecule has 0 aliphatic carbocycles. The highest BCUT2D eigenvalue weighted by Crippen LogP contribution is 2.33. The maximum atomic E-state index is 11.6. The van der Waals surface area contributed by atoms with E-state index in [1.807, 2.05) is 0 Å². The number of aliphatic hydroxyl groups excluding tert-OH is 1. The second-order valence-corrected chi connectivity index (χ2v) is 6.91. The lowest BCUT2D eigenvalue weighted by Crippen LogP contribution is -2.44. The number of hydrogen-bond acceptors (Lipinski definition) is 3. The van der Waals surface area contributed by atoms with E-state index >= 15 is 0 Å². The third-order valence-electron chi connectivity index (χ3n) is 4.59. The lowest BCUT2D eigenvalue weighted by Gasteiger charge is -2.38. The van der Waals surface area contributed by atoms with E-state index in [0.717, 1.165) is 19.3 Å². The summed E-state index contributed by atoms with van der Waals surface area (Å²) < 4.78 is 5.48. The van der Waals surface area contributed by atoms with Crippen molar-refractivity contribution in [2.45, 2.75) is 96.5 Å². The maximum Gasteiger partial charge on any atom is 0.306 e. The summed E-state index contributed by atoms with van der Waals surface area (Å²) in [5, 5.41) is 9.62. The highest BCUT2D eigenvalue weighted by atomic mass is 16.6. The first kappa shape index (κ1) is 18.5. The fourth-order valence-electron chi connectivity index (χ4n) is 3.40. The number of carbonyl (C=O) groups excluding carboxylic acids is 1. The first-order valence-electron chi connectivity index (χ1n) is 8.94. The van der Waals surface area contributed by atoms with E-state index in [-0.39, 0.29) is 12.6 Å². The van der Waals surface area contributed by atoms with Crippen LogP contribution in [0, 0.1) is 5.92 Å². The zero-order chi connectivity index (χ0) is 15.6. The summed E-state index contributed by atoms with van der Waals surface area (Å²) in [4.78, 5) is 11.6. The summed E-state index contributed by atoms with van der Waals surface area (Å²) in [7, 11) is 0. The van der Waals surface area contributed by atoms with Crippen LogP contribution >= 0.6 is 0 Å². The minimum absolute atomic E-state index is 0.0277. The molecule has 21 heavy (non-hydrogen) atoms. The van der Waals surface area contributed by atoms with Crippen molar-refractivity contribution in [3.8, 4) is 0 Å². The van der Waals surface area contributed by atoms with Crippen LogP contribution in [-0.2, 0) is 9.53 Å². The average Bonchev–Trinajstić information content (AvgIpc) is 2.44. The van der Waals surface area contributed by atoms with Crippen molar-refractivity contribution in [2.24, 2.45) is 5.92 Å². The molecule has 1 rings (SSSR count). The lowest BCUT2D eigenvalue weighted by atomic mass is 9.83. The molecular weight excluding hydrogens is 264 g/mol. The van der Waals surface area contributed by atoms with Crippen LogP contribution in [-0.4, -0.2) is 23.3 Å². The summed E-state index contributed by atoms with van der Waals surface area (Å²) in [5.74, 6) is 0.190. The molecule has 0 radical (unpaired) electrons. The van der Waals surface area contributed by atoms with Crippen LogP contribution in [0.5, 0.6) is 0 Å². The number of esters is 1. The first-order valence-corrected chi connectivity index (χ1v) is 8.94. The fraction of sp³-hybridized carbons (Fsp3) is 0.944. The molecule has 0 aromatic heterocycles. The van der Waals surface area contributed by atoms with E-state index < -0.39 is 5.60 Å². The van der Waals surface area contributed by atoms with E-state index in [1.165, 1.54) is 51.4 Å². The molecule has 0 aromatic rings. The molecule has 2 atom stereocenters. The molecule has 3 heteroatoms. The van der Waals surface area contributed by atoms with E-state index in [1.54, 1.807) is 0 Å². The number of unbranched alkanes of at least 4 members (excludes halogenated alkanes) is 8. The summed E-state index contributed by atoms with van der Waals surface area (Å²) >= 11 is 0. The van der Waals surface area contributed by atoms with Crippen LogP contribution in [0.2, 0.25) is 0 Å². The summed E-state index contributed by atoms with van der Waals surface area (Å²) in [6.07, 6.45) is 13.7. The topological polar surface area (TPSA) is 46.5 Å². The maximum absolute atomic E-state index is 11.6. The van der Waals surface area contributed by atoms with Gasteiger partial charge in [-0.3, -0.25) is 4.79 Å².